The Hall–Kier alpha value is -3.38. The Morgan fingerprint density at radius 1 is 0.867 bits per heavy atom. The number of likely N-dealkylation sites (tertiary alicyclic amines) is 1. The number of piperidine rings is 1. The van der Waals surface area contributed by atoms with Gasteiger partial charge in [0, 0.05) is 42.1 Å². The van der Waals surface area contributed by atoms with Gasteiger partial charge in [-0.15, -0.1) is 0 Å². The van der Waals surface area contributed by atoms with Gasteiger partial charge in [-0.1, -0.05) is 54.6 Å². The fourth-order valence-electron chi connectivity index (χ4n) is 3.91. The Bertz CT molecular complexity index is 1040. The normalized spacial score (nSPS) is 15.1. The highest BCUT2D eigenvalue weighted by atomic mass is 16.3. The van der Waals surface area contributed by atoms with Gasteiger partial charge in [0.05, 0.1) is 0 Å². The quantitative estimate of drug-likeness (QED) is 0.584. The number of phenols is 1. The molecule has 0 saturated carbocycles. The Morgan fingerprint density at radius 3 is 2.33 bits per heavy atom. The average molecular weight is 403 g/mol. The number of rotatable bonds is 4. The molecule has 3 N–H and O–H groups in total. The number of aromatic hydroxyl groups is 1. The van der Waals surface area contributed by atoms with E-state index < -0.39 is 11.8 Å². The van der Waals surface area contributed by atoms with E-state index >= 15 is 0 Å². The highest BCUT2D eigenvalue weighted by Gasteiger charge is 2.24. The first-order valence-electron chi connectivity index (χ1n) is 10.2. The van der Waals surface area contributed by atoms with Gasteiger partial charge in [-0.3, -0.25) is 14.5 Å². The number of hydrogen-bond acceptors (Lipinski definition) is 4. The molecule has 1 aliphatic rings. The number of anilines is 1. The van der Waals surface area contributed by atoms with Crippen molar-refractivity contribution in [3.63, 3.8) is 0 Å². The summed E-state index contributed by atoms with van der Waals surface area (Å²) in [6.45, 7) is 2.66. The zero-order chi connectivity index (χ0) is 20.9. The van der Waals surface area contributed by atoms with Crippen LogP contribution in [0.25, 0.3) is 10.8 Å². The van der Waals surface area contributed by atoms with E-state index in [1.165, 1.54) is 5.56 Å². The fourth-order valence-corrected chi connectivity index (χ4v) is 3.91. The third-order valence-corrected chi connectivity index (χ3v) is 5.53. The van der Waals surface area contributed by atoms with Crippen LogP contribution in [0.5, 0.6) is 5.75 Å². The van der Waals surface area contributed by atoms with Crippen molar-refractivity contribution in [2.45, 2.75) is 25.4 Å². The number of hydrogen-bond donors (Lipinski definition) is 3. The Kier molecular flexibility index (Phi) is 5.95. The summed E-state index contributed by atoms with van der Waals surface area (Å²) in [7, 11) is 0. The van der Waals surface area contributed by atoms with Crippen molar-refractivity contribution < 1.29 is 14.7 Å². The van der Waals surface area contributed by atoms with Crippen LogP contribution < -0.4 is 10.6 Å². The molecule has 30 heavy (non-hydrogen) atoms. The van der Waals surface area contributed by atoms with Crippen molar-refractivity contribution in [1.29, 1.82) is 0 Å². The van der Waals surface area contributed by atoms with Gasteiger partial charge in [0.25, 0.3) is 0 Å². The number of nitrogens with one attached hydrogen (secondary N) is 2. The smallest absolute Gasteiger partial charge is 0.313 e. The molecule has 6 nitrogen and oxygen atoms in total. The first kappa shape index (κ1) is 19.9. The molecule has 1 fully saturated rings. The zero-order valence-corrected chi connectivity index (χ0v) is 16.7. The van der Waals surface area contributed by atoms with Gasteiger partial charge in [0.1, 0.15) is 5.75 Å². The highest BCUT2D eigenvalue weighted by Crippen LogP contribution is 2.29. The molecule has 6 heteroatoms. The van der Waals surface area contributed by atoms with E-state index in [1.807, 2.05) is 18.2 Å². The summed E-state index contributed by atoms with van der Waals surface area (Å²) in [4.78, 5) is 27.2. The number of benzene rings is 3. The van der Waals surface area contributed by atoms with Crippen molar-refractivity contribution in [3.8, 4) is 5.75 Å². The van der Waals surface area contributed by atoms with Crippen LogP contribution in [0.1, 0.15) is 18.4 Å². The molecular formula is C24H25N3O3. The number of amides is 2. The minimum absolute atomic E-state index is 0.00756. The molecule has 3 aromatic rings. The minimum atomic E-state index is -0.697. The van der Waals surface area contributed by atoms with Gasteiger partial charge in [0.15, 0.2) is 0 Å². The summed E-state index contributed by atoms with van der Waals surface area (Å²) in [6, 6.07) is 20.6. The first-order chi connectivity index (χ1) is 14.6. The lowest BCUT2D eigenvalue weighted by molar-refractivity contribution is -0.136. The summed E-state index contributed by atoms with van der Waals surface area (Å²) >= 11 is 0. The maximum absolute atomic E-state index is 12.4. The lowest BCUT2D eigenvalue weighted by Crippen LogP contribution is -2.47. The zero-order valence-electron chi connectivity index (χ0n) is 16.7. The van der Waals surface area contributed by atoms with Crippen molar-refractivity contribution in [2.24, 2.45) is 0 Å². The molecule has 2 amide bonds. The van der Waals surface area contributed by atoms with Crippen molar-refractivity contribution >= 4 is 28.3 Å². The van der Waals surface area contributed by atoms with Crippen molar-refractivity contribution in [1.82, 2.24) is 10.2 Å². The van der Waals surface area contributed by atoms with Crippen LogP contribution in [0, 0.1) is 0 Å². The highest BCUT2D eigenvalue weighted by molar-refractivity contribution is 6.40. The first-order valence-corrected chi connectivity index (χ1v) is 10.2. The predicted octanol–water partition coefficient (Wildman–Crippen LogP) is 3.26. The Labute approximate surface area is 175 Å². The molecule has 0 unspecified atom stereocenters. The van der Waals surface area contributed by atoms with Gasteiger partial charge in [-0.2, -0.15) is 0 Å². The number of carbonyl (C=O) groups is 2. The molecule has 0 bridgehead atoms. The monoisotopic (exact) mass is 403 g/mol. The van der Waals surface area contributed by atoms with Gasteiger partial charge in [0.2, 0.25) is 0 Å². The van der Waals surface area contributed by atoms with Crippen LogP contribution >= 0.6 is 0 Å². The maximum atomic E-state index is 12.4. The van der Waals surface area contributed by atoms with E-state index in [2.05, 4.69) is 27.7 Å². The molecular weight excluding hydrogens is 378 g/mol. The third kappa shape index (κ3) is 4.60. The van der Waals surface area contributed by atoms with Crippen LogP contribution in [-0.2, 0) is 16.1 Å². The Balaban J connectivity index is 1.31. The van der Waals surface area contributed by atoms with Gasteiger partial charge in [-0.05, 0) is 30.5 Å². The van der Waals surface area contributed by atoms with Crippen LogP contribution in [0.15, 0.2) is 66.7 Å². The number of nitrogens with zero attached hydrogens (tertiary/aromatic N) is 1. The standard InChI is InChI=1S/C24H25N3O3/c28-22-11-5-8-19-20(22)9-4-10-21(19)26-24(30)23(29)25-18-12-14-27(15-13-18)16-17-6-2-1-3-7-17/h1-11,18,28H,12-16H2,(H,25,29)(H,26,30). The molecule has 1 heterocycles. The van der Waals surface area contributed by atoms with Crippen molar-refractivity contribution in [2.75, 3.05) is 18.4 Å². The second-order valence-corrected chi connectivity index (χ2v) is 7.64. The Morgan fingerprint density at radius 2 is 1.57 bits per heavy atom. The van der Waals surface area contributed by atoms with E-state index in [9.17, 15) is 14.7 Å². The lowest BCUT2D eigenvalue weighted by Gasteiger charge is -2.32. The molecule has 1 saturated heterocycles. The number of phenolic OH excluding ortho intramolecular Hbond substituents is 1. The second kappa shape index (κ2) is 8.97. The lowest BCUT2D eigenvalue weighted by atomic mass is 10.0. The third-order valence-electron chi connectivity index (χ3n) is 5.53. The van der Waals surface area contributed by atoms with Crippen LogP contribution in [-0.4, -0.2) is 41.0 Å². The van der Waals surface area contributed by atoms with Gasteiger partial charge in [-0.25, -0.2) is 0 Å². The number of carbonyl (C=O) groups excluding carboxylic acids is 2. The molecule has 1 aliphatic heterocycles. The number of fused-ring (bicyclic) bond motifs is 1. The summed E-state index contributed by atoms with van der Waals surface area (Å²) in [5, 5.41) is 16.8. The van der Waals surface area contributed by atoms with E-state index in [0.29, 0.717) is 16.5 Å². The molecule has 0 spiro atoms. The van der Waals surface area contributed by atoms with E-state index in [4.69, 9.17) is 0 Å². The summed E-state index contributed by atoms with van der Waals surface area (Å²) < 4.78 is 0. The van der Waals surface area contributed by atoms with E-state index in [1.54, 1.807) is 36.4 Å². The van der Waals surface area contributed by atoms with E-state index in [0.717, 1.165) is 32.5 Å². The maximum Gasteiger partial charge on any atom is 0.313 e. The predicted molar refractivity (Wildman–Crippen MR) is 117 cm³/mol. The van der Waals surface area contributed by atoms with Crippen LogP contribution in [0.2, 0.25) is 0 Å². The molecule has 0 aliphatic carbocycles. The molecule has 0 radical (unpaired) electrons. The van der Waals surface area contributed by atoms with Gasteiger partial charge >= 0.3 is 11.8 Å². The van der Waals surface area contributed by atoms with Gasteiger partial charge < -0.3 is 15.7 Å². The molecule has 4 rings (SSSR count). The van der Waals surface area contributed by atoms with E-state index in [-0.39, 0.29) is 11.8 Å². The minimum Gasteiger partial charge on any atom is -0.507 e. The summed E-state index contributed by atoms with van der Waals surface area (Å²) in [5.74, 6) is -1.19. The molecule has 0 aromatic heterocycles. The van der Waals surface area contributed by atoms with Crippen molar-refractivity contribution in [3.05, 3.63) is 72.3 Å². The largest absolute Gasteiger partial charge is 0.507 e. The summed E-state index contributed by atoms with van der Waals surface area (Å²) in [5.41, 5.74) is 1.78. The molecule has 3 aromatic carbocycles. The topological polar surface area (TPSA) is 81.7 Å². The second-order valence-electron chi connectivity index (χ2n) is 7.64. The SMILES string of the molecule is O=C(Nc1cccc2c(O)cccc12)C(=O)NC1CCN(Cc2ccccc2)CC1. The molecule has 154 valence electrons. The molecule has 0 atom stereocenters. The van der Waals surface area contributed by atoms with Crippen LogP contribution in [0.3, 0.4) is 0 Å². The van der Waals surface area contributed by atoms with Crippen LogP contribution in [0.4, 0.5) is 5.69 Å². The average Bonchev–Trinajstić information content (AvgIpc) is 2.76. The fraction of sp³-hybridized carbons (Fsp3) is 0.250. The summed E-state index contributed by atoms with van der Waals surface area (Å²) in [6.07, 6.45) is 1.63.